The molecule has 0 saturated heterocycles. The first kappa shape index (κ1) is 14.1. The molecule has 2 heteroatoms. The van der Waals surface area contributed by atoms with Gasteiger partial charge in [0.1, 0.15) is 0 Å². The fourth-order valence-corrected chi connectivity index (χ4v) is 2.67. The number of fused-ring (bicyclic) bond motifs is 1. The molecule has 0 atom stereocenters. The molecule has 0 saturated carbocycles. The highest BCUT2D eigenvalue weighted by Gasteiger charge is 2.28. The molecule has 108 valence electrons. The number of ketones is 1. The molecule has 0 aliphatic heterocycles. The van der Waals surface area contributed by atoms with Crippen molar-refractivity contribution in [2.24, 2.45) is 5.73 Å². The van der Waals surface area contributed by atoms with Crippen LogP contribution in [0.15, 0.2) is 72.3 Å². The lowest BCUT2D eigenvalue weighted by molar-refractivity contribution is 0.104. The zero-order valence-electron chi connectivity index (χ0n) is 12.5. The molecule has 2 aromatic carbocycles. The summed E-state index contributed by atoms with van der Waals surface area (Å²) in [6.45, 7) is 6.07. The summed E-state index contributed by atoms with van der Waals surface area (Å²) in [5.41, 5.74) is 11.5. The zero-order chi connectivity index (χ0) is 15.7. The average molecular weight is 287 g/mol. The zero-order valence-corrected chi connectivity index (χ0v) is 12.5. The van der Waals surface area contributed by atoms with Crippen LogP contribution in [-0.2, 0) is 0 Å². The van der Waals surface area contributed by atoms with Crippen molar-refractivity contribution in [2.45, 2.75) is 6.92 Å². The normalized spacial score (nSPS) is 13.8. The van der Waals surface area contributed by atoms with Crippen LogP contribution >= 0.6 is 0 Å². The number of rotatable bonds is 3. The first-order valence-electron chi connectivity index (χ1n) is 7.16. The second kappa shape index (κ2) is 5.49. The van der Waals surface area contributed by atoms with E-state index in [4.69, 9.17) is 5.73 Å². The van der Waals surface area contributed by atoms with Gasteiger partial charge in [-0.05, 0) is 23.6 Å². The molecule has 0 bridgehead atoms. The van der Waals surface area contributed by atoms with Gasteiger partial charge in [0.25, 0.3) is 0 Å². The van der Waals surface area contributed by atoms with Gasteiger partial charge in [-0.15, -0.1) is 0 Å². The summed E-state index contributed by atoms with van der Waals surface area (Å²) in [6, 6.07) is 15.5. The number of Topliss-reactive ketones (excluding diaryl/α,β-unsaturated/α-hetero) is 1. The smallest absolute Gasteiger partial charge is 0.196 e. The maximum atomic E-state index is 12.5. The standard InChI is InChI=1S/C20H17NO/c1-13-7-3-4-8-15(13)12-11-14(2)18-19(21)16-9-5-6-10-17(16)20(18)22/h3-12H,2,21H2,1H3/b12-11-. The minimum atomic E-state index is -0.0486. The van der Waals surface area contributed by atoms with Crippen molar-refractivity contribution in [2.75, 3.05) is 0 Å². The molecule has 2 N–H and O–H groups in total. The largest absolute Gasteiger partial charge is 0.398 e. The number of hydrogen-bond acceptors (Lipinski definition) is 2. The quantitative estimate of drug-likeness (QED) is 0.862. The van der Waals surface area contributed by atoms with Crippen LogP contribution in [-0.4, -0.2) is 5.78 Å². The monoisotopic (exact) mass is 287 g/mol. The molecule has 0 fully saturated rings. The SMILES string of the molecule is C=C(/C=C\c1ccccc1C)C1=C(N)c2ccccc2C1=O. The summed E-state index contributed by atoms with van der Waals surface area (Å²) in [4.78, 5) is 12.5. The predicted molar refractivity (Wildman–Crippen MR) is 91.2 cm³/mol. The molecule has 2 nitrogen and oxygen atoms in total. The van der Waals surface area contributed by atoms with E-state index < -0.39 is 0 Å². The maximum absolute atomic E-state index is 12.5. The van der Waals surface area contributed by atoms with Crippen LogP contribution in [0.2, 0.25) is 0 Å². The molecule has 0 aromatic heterocycles. The first-order valence-corrected chi connectivity index (χ1v) is 7.16. The lowest BCUT2D eigenvalue weighted by Crippen LogP contribution is -2.02. The van der Waals surface area contributed by atoms with Crippen LogP contribution in [0.4, 0.5) is 0 Å². The third-order valence-corrected chi connectivity index (χ3v) is 3.93. The highest BCUT2D eigenvalue weighted by atomic mass is 16.1. The van der Waals surface area contributed by atoms with Crippen molar-refractivity contribution < 1.29 is 4.79 Å². The number of benzene rings is 2. The van der Waals surface area contributed by atoms with E-state index in [0.717, 1.165) is 11.1 Å². The van der Waals surface area contributed by atoms with Gasteiger partial charge in [0.15, 0.2) is 5.78 Å². The van der Waals surface area contributed by atoms with Crippen LogP contribution in [0.5, 0.6) is 0 Å². The van der Waals surface area contributed by atoms with E-state index in [1.807, 2.05) is 61.5 Å². The number of carbonyl (C=O) groups excluding carboxylic acids is 1. The maximum Gasteiger partial charge on any atom is 0.196 e. The van der Waals surface area contributed by atoms with Gasteiger partial charge in [0.05, 0.1) is 11.3 Å². The fourth-order valence-electron chi connectivity index (χ4n) is 2.67. The predicted octanol–water partition coefficient (Wildman–Crippen LogP) is 4.13. The van der Waals surface area contributed by atoms with E-state index in [-0.39, 0.29) is 5.78 Å². The molecule has 0 heterocycles. The van der Waals surface area contributed by atoms with Crippen molar-refractivity contribution in [1.29, 1.82) is 0 Å². The summed E-state index contributed by atoms with van der Waals surface area (Å²) in [6.07, 6.45) is 3.82. The Morgan fingerprint density at radius 1 is 1.05 bits per heavy atom. The minimum Gasteiger partial charge on any atom is -0.398 e. The van der Waals surface area contributed by atoms with Crippen molar-refractivity contribution in [3.63, 3.8) is 0 Å². The average Bonchev–Trinajstić information content (AvgIpc) is 2.78. The third kappa shape index (κ3) is 2.29. The number of carbonyl (C=O) groups is 1. The minimum absolute atomic E-state index is 0.0486. The number of hydrogen-bond donors (Lipinski definition) is 1. The Morgan fingerprint density at radius 2 is 1.68 bits per heavy atom. The molecular weight excluding hydrogens is 270 g/mol. The van der Waals surface area contributed by atoms with E-state index in [2.05, 4.69) is 6.58 Å². The fraction of sp³-hybridized carbons (Fsp3) is 0.0500. The summed E-state index contributed by atoms with van der Waals surface area (Å²) in [7, 11) is 0. The van der Waals surface area contributed by atoms with Crippen molar-refractivity contribution in [3.05, 3.63) is 94.6 Å². The second-order valence-electron chi connectivity index (χ2n) is 5.38. The second-order valence-corrected chi connectivity index (χ2v) is 5.38. The number of nitrogens with two attached hydrogens (primary N) is 1. The molecule has 3 rings (SSSR count). The van der Waals surface area contributed by atoms with E-state index in [1.54, 1.807) is 6.07 Å². The molecule has 0 radical (unpaired) electrons. The lowest BCUT2D eigenvalue weighted by Gasteiger charge is -2.03. The van der Waals surface area contributed by atoms with Gasteiger partial charge in [-0.2, -0.15) is 0 Å². The molecular formula is C20H17NO. The Hall–Kier alpha value is -2.87. The van der Waals surface area contributed by atoms with Gasteiger partial charge in [-0.1, -0.05) is 67.3 Å². The Bertz CT molecular complexity index is 840. The van der Waals surface area contributed by atoms with Crippen LogP contribution in [0, 0.1) is 6.92 Å². The van der Waals surface area contributed by atoms with Crippen LogP contribution in [0.3, 0.4) is 0 Å². The molecule has 2 aromatic rings. The van der Waals surface area contributed by atoms with Crippen LogP contribution < -0.4 is 5.73 Å². The van der Waals surface area contributed by atoms with E-state index >= 15 is 0 Å². The van der Waals surface area contributed by atoms with E-state index in [1.165, 1.54) is 5.56 Å². The Labute approximate surface area is 130 Å². The van der Waals surface area contributed by atoms with Gasteiger partial charge in [-0.25, -0.2) is 0 Å². The summed E-state index contributed by atoms with van der Waals surface area (Å²) >= 11 is 0. The molecule has 0 spiro atoms. The van der Waals surface area contributed by atoms with Crippen molar-refractivity contribution >= 4 is 17.6 Å². The van der Waals surface area contributed by atoms with Crippen LogP contribution in [0.25, 0.3) is 11.8 Å². The molecule has 1 aliphatic carbocycles. The highest BCUT2D eigenvalue weighted by molar-refractivity contribution is 6.23. The van der Waals surface area contributed by atoms with Gasteiger partial charge in [-0.3, -0.25) is 4.79 Å². The first-order chi connectivity index (χ1) is 10.6. The number of aryl methyl sites for hydroxylation is 1. The van der Waals surface area contributed by atoms with Crippen molar-refractivity contribution in [1.82, 2.24) is 0 Å². The van der Waals surface area contributed by atoms with Gasteiger partial charge >= 0.3 is 0 Å². The summed E-state index contributed by atoms with van der Waals surface area (Å²) in [5, 5.41) is 0. The van der Waals surface area contributed by atoms with Crippen LogP contribution in [0.1, 0.15) is 27.0 Å². The molecule has 22 heavy (non-hydrogen) atoms. The Balaban J connectivity index is 1.93. The van der Waals surface area contributed by atoms with Gasteiger partial charge in [0, 0.05) is 11.1 Å². The Kier molecular flexibility index (Phi) is 3.51. The molecule has 0 unspecified atom stereocenters. The summed E-state index contributed by atoms with van der Waals surface area (Å²) < 4.78 is 0. The van der Waals surface area contributed by atoms with Gasteiger partial charge < -0.3 is 5.73 Å². The van der Waals surface area contributed by atoms with Crippen molar-refractivity contribution in [3.8, 4) is 0 Å². The van der Waals surface area contributed by atoms with E-state index in [0.29, 0.717) is 22.4 Å². The van der Waals surface area contributed by atoms with E-state index in [9.17, 15) is 4.79 Å². The third-order valence-electron chi connectivity index (χ3n) is 3.93. The Morgan fingerprint density at radius 3 is 2.36 bits per heavy atom. The summed E-state index contributed by atoms with van der Waals surface area (Å²) in [5.74, 6) is -0.0486. The topological polar surface area (TPSA) is 43.1 Å². The highest BCUT2D eigenvalue weighted by Crippen LogP contribution is 2.33. The lowest BCUT2D eigenvalue weighted by atomic mass is 10.0. The molecule has 0 amide bonds. The molecule has 1 aliphatic rings. The number of allylic oxidation sites excluding steroid dienone is 3. The van der Waals surface area contributed by atoms with Gasteiger partial charge in [0.2, 0.25) is 0 Å².